The molecule has 0 aromatic heterocycles. The molecule has 11 heteroatoms. The molecule has 1 saturated heterocycles. The molecule has 1 aliphatic heterocycles. The van der Waals surface area contributed by atoms with Gasteiger partial charge in [-0.05, 0) is 67.3 Å². The number of carbonyl (C=O) groups is 2. The van der Waals surface area contributed by atoms with E-state index in [9.17, 15) is 22.4 Å². The number of anilines is 1. The lowest BCUT2D eigenvalue weighted by atomic mass is 10.0. The summed E-state index contributed by atoms with van der Waals surface area (Å²) < 4.78 is 46.9. The van der Waals surface area contributed by atoms with Crippen molar-refractivity contribution >= 4 is 27.6 Å². The average molecular weight is 597 g/mol. The third-order valence-corrected chi connectivity index (χ3v) is 9.13. The number of halogens is 1. The molecule has 0 aliphatic carbocycles. The molecule has 42 heavy (non-hydrogen) atoms. The molecule has 3 amide bonds. The molecule has 0 unspecified atom stereocenters. The Morgan fingerprint density at radius 1 is 1.00 bits per heavy atom. The summed E-state index contributed by atoms with van der Waals surface area (Å²) in [7, 11) is -2.29. The highest BCUT2D eigenvalue weighted by Crippen LogP contribution is 2.23. The molecule has 1 heterocycles. The van der Waals surface area contributed by atoms with Crippen LogP contribution in [0.2, 0.25) is 0 Å². The zero-order valence-electron chi connectivity index (χ0n) is 23.9. The van der Waals surface area contributed by atoms with E-state index in [-0.39, 0.29) is 42.5 Å². The lowest BCUT2D eigenvalue weighted by Gasteiger charge is -2.39. The first kappa shape index (κ1) is 31.0. The Kier molecular flexibility index (Phi) is 10.5. The number of benzene rings is 3. The van der Waals surface area contributed by atoms with Crippen LogP contribution in [0.4, 0.5) is 14.9 Å². The van der Waals surface area contributed by atoms with E-state index < -0.39 is 15.8 Å². The third kappa shape index (κ3) is 7.86. The van der Waals surface area contributed by atoms with E-state index in [0.717, 1.165) is 5.56 Å². The molecule has 3 aromatic carbocycles. The average Bonchev–Trinajstić information content (AvgIpc) is 3.00. The summed E-state index contributed by atoms with van der Waals surface area (Å²) >= 11 is 0. The topological polar surface area (TPSA) is 99.3 Å². The van der Waals surface area contributed by atoms with Crippen molar-refractivity contribution < 1.29 is 27.1 Å². The van der Waals surface area contributed by atoms with Crippen molar-refractivity contribution in [3.8, 4) is 5.75 Å². The van der Waals surface area contributed by atoms with Crippen molar-refractivity contribution in [3.63, 3.8) is 0 Å². The fourth-order valence-corrected chi connectivity index (χ4v) is 6.52. The van der Waals surface area contributed by atoms with Crippen molar-refractivity contribution in [2.45, 2.75) is 43.7 Å². The molecule has 0 atom stereocenters. The maximum atomic E-state index is 13.9. The van der Waals surface area contributed by atoms with Crippen LogP contribution in [0.3, 0.4) is 0 Å². The smallest absolute Gasteiger partial charge is 0.321 e. The van der Waals surface area contributed by atoms with Gasteiger partial charge in [0.1, 0.15) is 11.6 Å². The Morgan fingerprint density at radius 2 is 1.69 bits per heavy atom. The summed E-state index contributed by atoms with van der Waals surface area (Å²) in [6.07, 6.45) is 1.58. The van der Waals surface area contributed by atoms with Gasteiger partial charge in [-0.2, -0.15) is 4.31 Å². The number of hydrogen-bond acceptors (Lipinski definition) is 5. The maximum absolute atomic E-state index is 13.9. The highest BCUT2D eigenvalue weighted by Gasteiger charge is 2.33. The first-order valence-electron chi connectivity index (χ1n) is 14.0. The molecular formula is C31H37FN4O5S. The molecular weight excluding hydrogens is 559 g/mol. The molecule has 1 aliphatic rings. The highest BCUT2D eigenvalue weighted by molar-refractivity contribution is 7.89. The summed E-state index contributed by atoms with van der Waals surface area (Å²) in [6, 6.07) is 20.7. The van der Waals surface area contributed by atoms with Crippen LogP contribution >= 0.6 is 0 Å². The summed E-state index contributed by atoms with van der Waals surface area (Å²) in [4.78, 5) is 30.2. The fraction of sp³-hybridized carbons (Fsp3) is 0.355. The van der Waals surface area contributed by atoms with Crippen molar-refractivity contribution in [2.75, 3.05) is 38.6 Å². The van der Waals surface area contributed by atoms with Gasteiger partial charge in [-0.25, -0.2) is 17.6 Å². The molecule has 0 bridgehead atoms. The number of piperidine rings is 1. The SMILES string of the molecule is CCCN(CC(=O)N(Cc1ccc(OC)cc1)C1CCN(C(=O)Nc2cccc(F)c2)CC1)S(=O)(=O)c1ccccc1. The van der Waals surface area contributed by atoms with Crippen molar-refractivity contribution in [1.82, 2.24) is 14.1 Å². The Bertz CT molecular complexity index is 1450. The Balaban J connectivity index is 1.50. The van der Waals surface area contributed by atoms with Crippen molar-refractivity contribution in [1.29, 1.82) is 0 Å². The van der Waals surface area contributed by atoms with Crippen LogP contribution in [0.15, 0.2) is 83.8 Å². The molecule has 4 rings (SSSR count). The standard InChI is InChI=1S/C31H37FN4O5S/c1-3-18-35(42(39,40)29-10-5-4-6-11-29)23-30(37)36(22-24-12-14-28(41-2)15-13-24)27-16-19-34(20-17-27)31(38)33-26-9-7-8-25(32)21-26/h4-15,21,27H,3,16-20,22-23H2,1-2H3,(H,33,38). The van der Waals surface area contributed by atoms with Crippen molar-refractivity contribution in [3.05, 3.63) is 90.2 Å². The minimum atomic E-state index is -3.88. The molecule has 9 nitrogen and oxygen atoms in total. The number of nitrogens with one attached hydrogen (secondary N) is 1. The molecule has 3 aromatic rings. The van der Waals surface area contributed by atoms with Gasteiger partial charge in [0.05, 0.1) is 18.6 Å². The predicted molar refractivity (Wildman–Crippen MR) is 159 cm³/mol. The number of rotatable bonds is 11. The van der Waals surface area contributed by atoms with Gasteiger partial charge in [-0.15, -0.1) is 0 Å². The summed E-state index contributed by atoms with van der Waals surface area (Å²) in [5.74, 6) is -0.0515. The summed E-state index contributed by atoms with van der Waals surface area (Å²) in [5.41, 5.74) is 1.25. The zero-order valence-corrected chi connectivity index (χ0v) is 24.7. The number of hydrogen-bond donors (Lipinski definition) is 1. The first-order valence-corrected chi connectivity index (χ1v) is 15.4. The molecule has 1 fully saturated rings. The fourth-order valence-electron chi connectivity index (χ4n) is 5.01. The van der Waals surface area contributed by atoms with Crippen LogP contribution in [-0.2, 0) is 21.4 Å². The van der Waals surface area contributed by atoms with Gasteiger partial charge in [-0.3, -0.25) is 4.79 Å². The Hall–Kier alpha value is -3.96. The monoisotopic (exact) mass is 596 g/mol. The van der Waals surface area contributed by atoms with Gasteiger partial charge in [-0.1, -0.05) is 43.3 Å². The van der Waals surface area contributed by atoms with Gasteiger partial charge < -0.3 is 19.9 Å². The molecule has 0 spiro atoms. The number of urea groups is 1. The second kappa shape index (κ2) is 14.3. The first-order chi connectivity index (χ1) is 20.2. The van der Waals surface area contributed by atoms with Gasteiger partial charge in [0.25, 0.3) is 0 Å². The highest BCUT2D eigenvalue weighted by atomic mass is 32.2. The van der Waals surface area contributed by atoms with Crippen LogP contribution in [0.1, 0.15) is 31.7 Å². The van der Waals surface area contributed by atoms with Crippen LogP contribution in [0, 0.1) is 5.82 Å². The number of carbonyl (C=O) groups excluding carboxylic acids is 2. The number of methoxy groups -OCH3 is 1. The predicted octanol–water partition coefficient (Wildman–Crippen LogP) is 4.96. The lowest BCUT2D eigenvalue weighted by Crippen LogP contribution is -2.51. The maximum Gasteiger partial charge on any atom is 0.321 e. The normalized spacial score (nSPS) is 14.0. The summed E-state index contributed by atoms with van der Waals surface area (Å²) in [5, 5.41) is 2.72. The minimum Gasteiger partial charge on any atom is -0.497 e. The molecule has 0 saturated carbocycles. The van der Waals surface area contributed by atoms with Crippen LogP contribution in [0.5, 0.6) is 5.75 Å². The molecule has 1 N–H and O–H groups in total. The number of likely N-dealkylation sites (tertiary alicyclic amines) is 1. The summed E-state index contributed by atoms with van der Waals surface area (Å²) in [6.45, 7) is 2.85. The number of sulfonamides is 1. The number of ether oxygens (including phenoxy) is 1. The quantitative estimate of drug-likeness (QED) is 0.337. The van der Waals surface area contributed by atoms with Gasteiger partial charge >= 0.3 is 6.03 Å². The lowest BCUT2D eigenvalue weighted by molar-refractivity contribution is -0.135. The van der Waals surface area contributed by atoms with E-state index >= 15 is 0 Å². The number of nitrogens with zero attached hydrogens (tertiary/aromatic N) is 3. The second-order valence-electron chi connectivity index (χ2n) is 10.2. The van der Waals surface area contributed by atoms with Crippen LogP contribution in [-0.4, -0.2) is 73.8 Å². The second-order valence-corrected chi connectivity index (χ2v) is 12.1. The van der Waals surface area contributed by atoms with Gasteiger partial charge in [0.2, 0.25) is 15.9 Å². The Morgan fingerprint density at radius 3 is 2.31 bits per heavy atom. The molecule has 0 radical (unpaired) electrons. The zero-order chi connectivity index (χ0) is 30.1. The van der Waals surface area contributed by atoms with Crippen molar-refractivity contribution in [2.24, 2.45) is 0 Å². The Labute approximate surface area is 246 Å². The molecule has 224 valence electrons. The van der Waals surface area contributed by atoms with Gasteiger partial charge in [0, 0.05) is 37.9 Å². The largest absolute Gasteiger partial charge is 0.497 e. The van der Waals surface area contributed by atoms with E-state index in [2.05, 4.69) is 5.32 Å². The third-order valence-electron chi connectivity index (χ3n) is 7.27. The minimum absolute atomic E-state index is 0.144. The van der Waals surface area contributed by atoms with E-state index in [0.29, 0.717) is 43.8 Å². The van der Waals surface area contributed by atoms with E-state index in [4.69, 9.17) is 4.74 Å². The number of amides is 3. The van der Waals surface area contributed by atoms with Crippen LogP contribution < -0.4 is 10.1 Å². The van der Waals surface area contributed by atoms with E-state index in [1.165, 1.54) is 34.6 Å². The van der Waals surface area contributed by atoms with E-state index in [1.54, 1.807) is 41.2 Å². The van der Waals surface area contributed by atoms with Gasteiger partial charge in [0.15, 0.2) is 0 Å². The van der Waals surface area contributed by atoms with Crippen LogP contribution in [0.25, 0.3) is 0 Å². The van der Waals surface area contributed by atoms with E-state index in [1.807, 2.05) is 31.2 Å².